The molecule has 1 rings (SSSR count). The number of rotatable bonds is 6. The van der Waals surface area contributed by atoms with Gasteiger partial charge in [-0.05, 0) is 31.4 Å². The third-order valence-electron chi connectivity index (χ3n) is 2.89. The molecule has 0 saturated carbocycles. The van der Waals surface area contributed by atoms with Crippen LogP contribution in [0, 0.1) is 5.92 Å². The molecule has 0 aliphatic carbocycles. The topological polar surface area (TPSA) is 45.1 Å². The first kappa shape index (κ1) is 13.0. The first-order valence-electron chi connectivity index (χ1n) is 5.99. The molecule has 1 aromatic heterocycles. The van der Waals surface area contributed by atoms with Crippen molar-refractivity contribution in [3.05, 3.63) is 24.0 Å². The van der Waals surface area contributed by atoms with Crippen molar-refractivity contribution in [2.45, 2.75) is 46.2 Å². The first-order valence-corrected chi connectivity index (χ1v) is 5.99. The van der Waals surface area contributed by atoms with Gasteiger partial charge < -0.3 is 10.4 Å². The lowest BCUT2D eigenvalue weighted by molar-refractivity contribution is 0.410. The lowest BCUT2D eigenvalue weighted by Crippen LogP contribution is -2.27. The molecule has 2 atom stereocenters. The summed E-state index contributed by atoms with van der Waals surface area (Å²) in [5.41, 5.74) is 0.966. The van der Waals surface area contributed by atoms with Crippen LogP contribution in [-0.4, -0.2) is 16.1 Å². The van der Waals surface area contributed by atoms with Crippen LogP contribution < -0.4 is 5.32 Å². The normalized spacial score (nSPS) is 14.7. The van der Waals surface area contributed by atoms with Crippen LogP contribution in [0.3, 0.4) is 0 Å². The van der Waals surface area contributed by atoms with E-state index >= 15 is 0 Å². The summed E-state index contributed by atoms with van der Waals surface area (Å²) in [5, 5.41) is 12.5. The number of hydrogen-bond acceptors (Lipinski definition) is 3. The first-order chi connectivity index (χ1) is 7.61. The lowest BCUT2D eigenvalue weighted by Gasteiger charge is -2.17. The Kier molecular flexibility index (Phi) is 5.26. The molecule has 0 saturated heterocycles. The van der Waals surface area contributed by atoms with Crippen molar-refractivity contribution < 1.29 is 5.11 Å². The van der Waals surface area contributed by atoms with Crippen LogP contribution in [0.4, 0.5) is 0 Å². The molecule has 2 N–H and O–H groups in total. The Hall–Kier alpha value is -1.09. The molecular weight excluding hydrogens is 200 g/mol. The Morgan fingerprint density at radius 3 is 2.69 bits per heavy atom. The lowest BCUT2D eigenvalue weighted by atomic mass is 10.0. The van der Waals surface area contributed by atoms with Crippen molar-refractivity contribution in [1.82, 2.24) is 10.3 Å². The van der Waals surface area contributed by atoms with Gasteiger partial charge in [-0.2, -0.15) is 0 Å². The second-order valence-electron chi connectivity index (χ2n) is 4.54. The maximum Gasteiger partial charge on any atom is 0.133 e. The largest absolute Gasteiger partial charge is 0.506 e. The minimum absolute atomic E-state index is 0.219. The molecule has 90 valence electrons. The van der Waals surface area contributed by atoms with Crippen LogP contribution in [0.25, 0.3) is 0 Å². The van der Waals surface area contributed by atoms with E-state index in [0.29, 0.717) is 6.04 Å². The quantitative estimate of drug-likeness (QED) is 0.778. The van der Waals surface area contributed by atoms with Gasteiger partial charge in [0.25, 0.3) is 0 Å². The highest BCUT2D eigenvalue weighted by atomic mass is 16.3. The van der Waals surface area contributed by atoms with Crippen molar-refractivity contribution in [1.29, 1.82) is 0 Å². The molecule has 0 spiro atoms. The maximum absolute atomic E-state index is 9.10. The predicted octanol–water partition coefficient (Wildman–Crippen LogP) is 2.70. The summed E-state index contributed by atoms with van der Waals surface area (Å²) in [5.74, 6) is 0.978. The van der Waals surface area contributed by atoms with Crippen molar-refractivity contribution in [3.8, 4) is 5.75 Å². The third-order valence-corrected chi connectivity index (χ3v) is 2.89. The maximum atomic E-state index is 9.10. The molecule has 0 bridgehead atoms. The fraction of sp³-hybridized carbons (Fsp3) is 0.615. The van der Waals surface area contributed by atoms with Gasteiger partial charge in [0.05, 0.1) is 11.9 Å². The molecule has 1 aromatic rings. The molecule has 0 aromatic carbocycles. The van der Waals surface area contributed by atoms with Gasteiger partial charge >= 0.3 is 0 Å². The van der Waals surface area contributed by atoms with Crippen LogP contribution in [0.1, 0.15) is 39.3 Å². The Balaban J connectivity index is 2.31. The molecule has 1 heterocycles. The summed E-state index contributed by atoms with van der Waals surface area (Å²) in [6.07, 6.45) is 3.90. The predicted molar refractivity (Wildman–Crippen MR) is 66.3 cm³/mol. The van der Waals surface area contributed by atoms with Crippen LogP contribution in [-0.2, 0) is 6.54 Å². The number of aromatic nitrogens is 1. The van der Waals surface area contributed by atoms with Gasteiger partial charge in [0.15, 0.2) is 0 Å². The molecule has 0 radical (unpaired) electrons. The summed E-state index contributed by atoms with van der Waals surface area (Å²) in [6, 6.07) is 4.02. The molecular formula is C13H22N2O. The molecule has 0 amide bonds. The zero-order valence-corrected chi connectivity index (χ0v) is 10.4. The van der Waals surface area contributed by atoms with E-state index in [1.807, 2.05) is 6.07 Å². The second kappa shape index (κ2) is 6.48. The minimum atomic E-state index is 0.219. The SMILES string of the molecule is CCC(C)CC(C)NCc1ccc(O)cn1. The van der Waals surface area contributed by atoms with Crippen LogP contribution in [0.15, 0.2) is 18.3 Å². The van der Waals surface area contributed by atoms with Gasteiger partial charge in [0.2, 0.25) is 0 Å². The van der Waals surface area contributed by atoms with Crippen LogP contribution in [0.5, 0.6) is 5.75 Å². The highest BCUT2D eigenvalue weighted by molar-refractivity contribution is 5.17. The Morgan fingerprint density at radius 1 is 1.38 bits per heavy atom. The van der Waals surface area contributed by atoms with Gasteiger partial charge in [-0.15, -0.1) is 0 Å². The van der Waals surface area contributed by atoms with E-state index in [1.165, 1.54) is 19.0 Å². The summed E-state index contributed by atoms with van der Waals surface area (Å²) in [4.78, 5) is 4.14. The molecule has 16 heavy (non-hydrogen) atoms. The molecule has 0 aliphatic rings. The fourth-order valence-corrected chi connectivity index (χ4v) is 1.65. The Labute approximate surface area is 97.9 Å². The van der Waals surface area contributed by atoms with E-state index in [-0.39, 0.29) is 5.75 Å². The van der Waals surface area contributed by atoms with Crippen LogP contribution in [0.2, 0.25) is 0 Å². The molecule has 0 fully saturated rings. The van der Waals surface area contributed by atoms with E-state index in [1.54, 1.807) is 6.07 Å². The molecule has 2 unspecified atom stereocenters. The summed E-state index contributed by atoms with van der Waals surface area (Å²) < 4.78 is 0. The number of pyridine rings is 1. The average Bonchev–Trinajstić information content (AvgIpc) is 2.28. The fourth-order valence-electron chi connectivity index (χ4n) is 1.65. The van der Waals surface area contributed by atoms with E-state index < -0.39 is 0 Å². The number of hydrogen-bond donors (Lipinski definition) is 2. The van der Waals surface area contributed by atoms with Crippen LogP contribution >= 0.6 is 0 Å². The average molecular weight is 222 g/mol. The third kappa shape index (κ3) is 4.62. The second-order valence-corrected chi connectivity index (χ2v) is 4.54. The number of aromatic hydroxyl groups is 1. The minimum Gasteiger partial charge on any atom is -0.506 e. The van der Waals surface area contributed by atoms with Crippen molar-refractivity contribution in [2.75, 3.05) is 0 Å². The standard InChI is InChI=1S/C13H22N2O/c1-4-10(2)7-11(3)14-8-12-5-6-13(16)9-15-12/h5-6,9-11,14,16H,4,7-8H2,1-3H3. The van der Waals surface area contributed by atoms with E-state index in [0.717, 1.165) is 18.2 Å². The zero-order chi connectivity index (χ0) is 12.0. The number of nitrogens with one attached hydrogen (secondary N) is 1. The molecule has 0 aliphatic heterocycles. The van der Waals surface area contributed by atoms with Gasteiger partial charge in [0, 0.05) is 12.6 Å². The molecule has 3 heteroatoms. The van der Waals surface area contributed by atoms with E-state index in [2.05, 4.69) is 31.1 Å². The highest BCUT2D eigenvalue weighted by Crippen LogP contribution is 2.10. The van der Waals surface area contributed by atoms with Crippen molar-refractivity contribution >= 4 is 0 Å². The monoisotopic (exact) mass is 222 g/mol. The van der Waals surface area contributed by atoms with Gasteiger partial charge in [-0.3, -0.25) is 4.98 Å². The molecule has 3 nitrogen and oxygen atoms in total. The highest BCUT2D eigenvalue weighted by Gasteiger charge is 2.06. The van der Waals surface area contributed by atoms with Gasteiger partial charge in [-0.1, -0.05) is 20.3 Å². The summed E-state index contributed by atoms with van der Waals surface area (Å²) in [7, 11) is 0. The number of nitrogens with zero attached hydrogens (tertiary/aromatic N) is 1. The van der Waals surface area contributed by atoms with Gasteiger partial charge in [0.1, 0.15) is 5.75 Å². The Morgan fingerprint density at radius 2 is 2.12 bits per heavy atom. The summed E-state index contributed by atoms with van der Waals surface area (Å²) in [6.45, 7) is 7.46. The van der Waals surface area contributed by atoms with Crippen molar-refractivity contribution in [3.63, 3.8) is 0 Å². The van der Waals surface area contributed by atoms with E-state index in [9.17, 15) is 0 Å². The Bertz CT molecular complexity index is 297. The van der Waals surface area contributed by atoms with Gasteiger partial charge in [-0.25, -0.2) is 0 Å². The zero-order valence-electron chi connectivity index (χ0n) is 10.4. The van der Waals surface area contributed by atoms with E-state index in [4.69, 9.17) is 5.11 Å². The van der Waals surface area contributed by atoms with Crippen molar-refractivity contribution in [2.24, 2.45) is 5.92 Å². The smallest absolute Gasteiger partial charge is 0.133 e. The summed E-state index contributed by atoms with van der Waals surface area (Å²) >= 11 is 0.